The number of esters is 2. The molecular weight excluding hydrogens is 1190 g/mol. The molecule has 5 heterocycles. The van der Waals surface area contributed by atoms with Gasteiger partial charge in [-0.1, -0.05) is 25.0 Å². The van der Waals surface area contributed by atoms with Crippen molar-refractivity contribution in [3.8, 4) is 5.75 Å². The first-order valence-electron chi connectivity index (χ1n) is 28.4. The summed E-state index contributed by atoms with van der Waals surface area (Å²) < 4.78 is 81.6. The van der Waals surface area contributed by atoms with Gasteiger partial charge in [0.25, 0.3) is 11.8 Å². The van der Waals surface area contributed by atoms with Crippen molar-refractivity contribution in [3.05, 3.63) is 54.0 Å². The average Bonchev–Trinajstić information content (AvgIpc) is 3.02. The highest BCUT2D eigenvalue weighted by atomic mass is 16.7. The first-order valence-corrected chi connectivity index (χ1v) is 28.4. The van der Waals surface area contributed by atoms with Gasteiger partial charge in [0.1, 0.15) is 98.0 Å². The summed E-state index contributed by atoms with van der Waals surface area (Å²) in [5.74, 6) is -1.72. The Kier molecular flexibility index (Phi) is 36.8. The molecule has 0 bridgehead atoms. The smallest absolute Gasteiger partial charge is 0.338 e. The van der Waals surface area contributed by atoms with Crippen molar-refractivity contribution in [2.45, 2.75) is 162 Å². The highest BCUT2D eigenvalue weighted by Gasteiger charge is 2.52. The molecule has 2 aromatic rings. The Bertz CT molecular complexity index is 2260. The third-order valence-corrected chi connectivity index (χ3v) is 14.2. The van der Waals surface area contributed by atoms with E-state index in [0.29, 0.717) is 17.9 Å². The molecule has 6 rings (SSSR count). The van der Waals surface area contributed by atoms with Crippen LogP contribution in [0.4, 0.5) is 0 Å². The third kappa shape index (κ3) is 23.4. The fourth-order valence-electron chi connectivity index (χ4n) is 9.26. The van der Waals surface area contributed by atoms with Crippen molar-refractivity contribution in [1.29, 1.82) is 0 Å². The van der Waals surface area contributed by atoms with Crippen LogP contribution < -0.4 is 10.6 Å². The van der Waals surface area contributed by atoms with Gasteiger partial charge in [-0.05, 0) is 56.3 Å². The second kappa shape index (κ2) is 41.7. The van der Waals surface area contributed by atoms with Crippen LogP contribution in [0.3, 0.4) is 0 Å². The van der Waals surface area contributed by atoms with E-state index in [1.807, 2.05) is 7.05 Å². The van der Waals surface area contributed by atoms with Crippen molar-refractivity contribution >= 4 is 23.8 Å². The molecule has 0 aliphatic carbocycles. The number of ether oxygens (including phenoxy) is 15. The van der Waals surface area contributed by atoms with E-state index in [1.54, 1.807) is 36.2 Å². The summed E-state index contributed by atoms with van der Waals surface area (Å²) in [5, 5.41) is 103. The van der Waals surface area contributed by atoms with E-state index in [0.717, 1.165) is 32.2 Å². The molecule has 89 heavy (non-hydrogen) atoms. The maximum atomic E-state index is 12.6. The number of methoxy groups -OCH3 is 8. The zero-order valence-corrected chi connectivity index (χ0v) is 51.7. The molecule has 4 aliphatic heterocycles. The number of hydrogen-bond donors (Lipinski definition) is 12. The Hall–Kier alpha value is -4.74. The van der Waals surface area contributed by atoms with E-state index >= 15 is 0 Å². The molecule has 12 N–H and O–H groups in total. The lowest BCUT2D eigenvalue weighted by atomic mass is 9.97. The van der Waals surface area contributed by atoms with E-state index in [9.17, 15) is 65.1 Å². The molecule has 33 heteroatoms. The van der Waals surface area contributed by atoms with Gasteiger partial charge >= 0.3 is 11.9 Å². The lowest BCUT2D eigenvalue weighted by Crippen LogP contribution is -2.62. The molecule has 2 amide bonds. The number of rotatable bonds is 28. The van der Waals surface area contributed by atoms with Crippen molar-refractivity contribution in [2.24, 2.45) is 0 Å². The molecule has 512 valence electrons. The molecule has 4 aliphatic rings. The molecular formula is C56H93N3O30. The summed E-state index contributed by atoms with van der Waals surface area (Å²) in [4.78, 5) is 50.5. The highest BCUT2D eigenvalue weighted by Crippen LogP contribution is 2.29. The lowest BCUT2D eigenvalue weighted by Gasteiger charge is -2.41. The van der Waals surface area contributed by atoms with Gasteiger partial charge in [0.05, 0.1) is 26.1 Å². The Balaban J connectivity index is 0.000000311. The number of aliphatic hydroxyl groups excluding tert-OH is 9. The van der Waals surface area contributed by atoms with E-state index in [1.165, 1.54) is 75.3 Å². The van der Waals surface area contributed by atoms with Gasteiger partial charge in [-0.15, -0.1) is 0 Å². The Morgan fingerprint density at radius 3 is 1.37 bits per heavy atom. The van der Waals surface area contributed by atoms with Gasteiger partial charge in [0, 0.05) is 77.0 Å². The van der Waals surface area contributed by atoms with Crippen LogP contribution in [0, 0.1) is 0 Å². The quantitative estimate of drug-likeness (QED) is 0.0282. The van der Waals surface area contributed by atoms with Gasteiger partial charge in [0.15, 0.2) is 49.6 Å². The molecule has 4 saturated heterocycles. The Morgan fingerprint density at radius 2 is 0.944 bits per heavy atom. The molecule has 1 aromatic heterocycles. The van der Waals surface area contributed by atoms with Crippen LogP contribution in [0.5, 0.6) is 5.75 Å². The van der Waals surface area contributed by atoms with Crippen molar-refractivity contribution < 1.29 is 146 Å². The fraction of sp³-hybridized carbons (Fsp3) is 0.750. The lowest BCUT2D eigenvalue weighted by molar-refractivity contribution is -0.292. The number of unbranched alkanes of at least 4 members (excludes halogenated alkanes) is 3. The molecule has 0 spiro atoms. The number of hydrogen-bond acceptors (Lipinski definition) is 31. The minimum atomic E-state index is -1.36. The van der Waals surface area contributed by atoms with E-state index in [-0.39, 0.29) is 51.2 Å². The van der Waals surface area contributed by atoms with Crippen LogP contribution in [-0.2, 0) is 103 Å². The second-order valence-electron chi connectivity index (χ2n) is 20.2. The highest BCUT2D eigenvalue weighted by molar-refractivity contribution is 5.82. The average molecular weight is 1290 g/mol. The maximum Gasteiger partial charge on any atom is 0.338 e. The number of benzene rings is 1. The summed E-state index contributed by atoms with van der Waals surface area (Å²) >= 11 is 0. The number of amides is 2. The number of furan rings is 1. The van der Waals surface area contributed by atoms with Crippen LogP contribution in [0.25, 0.3) is 0 Å². The molecule has 4 unspecified atom stereocenters. The zero-order chi connectivity index (χ0) is 66.3. The SMILES string of the molecule is CNCCCCCCN(C)C(=O)C1O[C@@H](OC)[C@@H](O)[C@@H](O)[C@@H]1OC.CO[C@@H]1OC(C(=O)NCCOCCO)[C@@H](OC)[C@H](O)[C@@H]1O.CO[C@@H]1OC(C(=O)OCc2ccc(O)cc2)[C@@H](OC)[C@H](O)[C@@H]1O.CO[C@@H]1OC(C(=O)OCc2ccco2)[C@@H](OC)[C@H](O)[C@@H]1O. The number of likely N-dealkylation sites (N-methyl/N-ethyl adjacent to an activating group) is 1. The summed E-state index contributed by atoms with van der Waals surface area (Å²) in [7, 11) is 14.1. The van der Waals surface area contributed by atoms with Crippen molar-refractivity contribution in [1.82, 2.24) is 15.5 Å². The number of carbonyl (C=O) groups excluding carboxylic acids is 4. The van der Waals surface area contributed by atoms with Gasteiger partial charge in [0.2, 0.25) is 0 Å². The minimum Gasteiger partial charge on any atom is -0.508 e. The molecule has 0 saturated carbocycles. The minimum absolute atomic E-state index is 0.0360. The third-order valence-electron chi connectivity index (χ3n) is 14.2. The van der Waals surface area contributed by atoms with Gasteiger partial charge in [-0.2, -0.15) is 0 Å². The molecule has 33 nitrogen and oxygen atoms in total. The van der Waals surface area contributed by atoms with Gasteiger partial charge < -0.3 is 142 Å². The zero-order valence-electron chi connectivity index (χ0n) is 51.7. The molecule has 20 atom stereocenters. The van der Waals surface area contributed by atoms with Crippen molar-refractivity contribution in [3.63, 3.8) is 0 Å². The number of carbonyl (C=O) groups is 4. The topological polar surface area (TPSA) is 449 Å². The molecule has 0 radical (unpaired) electrons. The maximum absolute atomic E-state index is 12.6. The fourth-order valence-corrected chi connectivity index (χ4v) is 9.26. The monoisotopic (exact) mass is 1290 g/mol. The number of phenolic OH excluding ortho intramolecular Hbond substituents is 1. The van der Waals surface area contributed by atoms with E-state index in [2.05, 4.69) is 10.6 Å². The molecule has 4 fully saturated rings. The first kappa shape index (κ1) is 78.5. The second-order valence-corrected chi connectivity index (χ2v) is 20.2. The summed E-state index contributed by atoms with van der Waals surface area (Å²) in [6.07, 6.45) is -18.0. The number of nitrogens with zero attached hydrogens (tertiary/aromatic N) is 1. The van der Waals surface area contributed by atoms with E-state index in [4.69, 9.17) is 80.6 Å². The standard InChI is InChI=1S/C16H32N2O6.C15H20O8.C13H18O8.C12H23NO8/c1-17-9-7-5-6-8-10-18(2)15(21)14-13(22-3)11(19)12(20)16(23-4)24-14;1-20-12-10(17)11(18)15(21-2)23-13(12)14(19)22-7-8-3-5-9(16)6-4-8;1-17-10-8(14)9(15)13(18-2)21-11(10)12(16)20-6-7-4-3-5-19-7;1-18-9-7(15)8(16)12(19-2)21-10(9)11(17)13-3-5-20-6-4-14/h11-14,16-17,19-20H,5-10H2,1-4H3;3-6,10-13,15-18H,7H2,1-2H3;3-5,8-11,13-15H,6H2,1-2H3;7-10,12,14-16H,3-6H2,1-2H3,(H,13,17)/t11-,12+,13+,14?,16-;10-,11+,12+,13?,15-;8-,9+,10+,11?,13-;7-,8+,9+,10?,12-/m1111/s1. The van der Waals surface area contributed by atoms with Crippen LogP contribution in [0.15, 0.2) is 47.1 Å². The van der Waals surface area contributed by atoms with Crippen LogP contribution in [0.2, 0.25) is 0 Å². The predicted molar refractivity (Wildman–Crippen MR) is 301 cm³/mol. The Labute approximate surface area is 515 Å². The van der Waals surface area contributed by atoms with Gasteiger partial charge in [-0.3, -0.25) is 9.59 Å². The largest absolute Gasteiger partial charge is 0.508 e. The number of phenols is 1. The van der Waals surface area contributed by atoms with E-state index < -0.39 is 141 Å². The molecule has 1 aromatic carbocycles. The summed E-state index contributed by atoms with van der Waals surface area (Å²) in [6.45, 7) is 2.03. The van der Waals surface area contributed by atoms with Gasteiger partial charge in [-0.25, -0.2) is 9.59 Å². The first-order chi connectivity index (χ1) is 42.6. The summed E-state index contributed by atoms with van der Waals surface area (Å²) in [6, 6.07) is 9.47. The van der Waals surface area contributed by atoms with Crippen LogP contribution in [0.1, 0.15) is 37.0 Å². The predicted octanol–water partition coefficient (Wildman–Crippen LogP) is -4.47. The Morgan fingerprint density at radius 1 is 0.517 bits per heavy atom. The van der Waals surface area contributed by atoms with Crippen LogP contribution >= 0.6 is 0 Å². The number of nitrogens with one attached hydrogen (secondary N) is 2. The van der Waals surface area contributed by atoms with Crippen LogP contribution in [-0.4, -0.2) is 313 Å². The number of aromatic hydroxyl groups is 1. The summed E-state index contributed by atoms with van der Waals surface area (Å²) in [5.41, 5.74) is 0.671. The normalized spacial score (nSPS) is 31.7. The van der Waals surface area contributed by atoms with Crippen molar-refractivity contribution in [2.75, 3.05) is 110 Å². The number of aliphatic hydroxyl groups is 9.